The Morgan fingerprint density at radius 2 is 1.56 bits per heavy atom. The third-order valence-corrected chi connectivity index (χ3v) is 7.06. The maximum atomic E-state index is 13.4. The summed E-state index contributed by atoms with van der Waals surface area (Å²) in [6.45, 7) is 7.85. The number of benzene rings is 2. The lowest BCUT2D eigenvalue weighted by Gasteiger charge is -2.31. The zero-order valence-corrected chi connectivity index (χ0v) is 22.6. The van der Waals surface area contributed by atoms with Gasteiger partial charge in [0.2, 0.25) is 21.8 Å². The lowest BCUT2D eigenvalue weighted by molar-refractivity contribution is -0.141. The van der Waals surface area contributed by atoms with Gasteiger partial charge in [-0.15, -0.1) is 0 Å². The van der Waals surface area contributed by atoms with Crippen molar-refractivity contribution >= 4 is 27.5 Å². The van der Waals surface area contributed by atoms with Crippen molar-refractivity contribution in [3.05, 3.63) is 65.5 Å². The summed E-state index contributed by atoms with van der Waals surface area (Å²) in [5.74, 6) is -0.898. The highest BCUT2D eigenvalue weighted by Crippen LogP contribution is 2.20. The van der Waals surface area contributed by atoms with Gasteiger partial charge in [-0.1, -0.05) is 38.1 Å². The second kappa shape index (κ2) is 13.4. The molecule has 2 rings (SSSR count). The molecule has 0 radical (unpaired) electrons. The first-order valence-electron chi connectivity index (χ1n) is 12.4. The van der Waals surface area contributed by atoms with Gasteiger partial charge in [-0.25, -0.2) is 12.8 Å². The number of halogens is 1. The molecule has 0 aliphatic heterocycles. The molecule has 0 aromatic heterocycles. The van der Waals surface area contributed by atoms with Crippen molar-refractivity contribution in [2.24, 2.45) is 0 Å². The van der Waals surface area contributed by atoms with Gasteiger partial charge >= 0.3 is 0 Å². The van der Waals surface area contributed by atoms with Crippen molar-refractivity contribution < 1.29 is 22.4 Å². The Morgan fingerprint density at radius 3 is 2.06 bits per heavy atom. The first-order chi connectivity index (χ1) is 17.0. The lowest BCUT2D eigenvalue weighted by Crippen LogP contribution is -2.50. The number of nitrogens with one attached hydrogen (secondary N) is 1. The first kappa shape index (κ1) is 29.3. The van der Waals surface area contributed by atoms with Gasteiger partial charge in [0, 0.05) is 25.6 Å². The molecule has 0 unspecified atom stereocenters. The highest BCUT2D eigenvalue weighted by molar-refractivity contribution is 7.92. The minimum atomic E-state index is -3.55. The third kappa shape index (κ3) is 8.62. The maximum Gasteiger partial charge on any atom is 0.243 e. The van der Waals surface area contributed by atoms with Crippen molar-refractivity contribution in [2.75, 3.05) is 17.1 Å². The number of rotatable bonds is 13. The average molecular weight is 520 g/mol. The summed E-state index contributed by atoms with van der Waals surface area (Å²) >= 11 is 0. The molecule has 2 aromatic carbocycles. The topological polar surface area (TPSA) is 86.8 Å². The molecular weight excluding hydrogens is 481 g/mol. The van der Waals surface area contributed by atoms with E-state index in [1.165, 1.54) is 21.3 Å². The molecule has 0 saturated carbocycles. The minimum absolute atomic E-state index is 0.0612. The second-order valence-electron chi connectivity index (χ2n) is 9.19. The Balaban J connectivity index is 2.20. The Hall–Kier alpha value is -2.94. The number of carbonyl (C=O) groups excluding carboxylic acids is 2. The number of amides is 2. The number of aryl methyl sites for hydroxylation is 1. The van der Waals surface area contributed by atoms with E-state index in [1.807, 2.05) is 39.8 Å². The van der Waals surface area contributed by atoms with Crippen LogP contribution in [-0.4, -0.2) is 50.0 Å². The van der Waals surface area contributed by atoms with Gasteiger partial charge in [0.25, 0.3) is 0 Å². The summed E-state index contributed by atoms with van der Waals surface area (Å²) in [6.07, 6.45) is 2.74. The number of carbonyl (C=O) groups is 2. The summed E-state index contributed by atoms with van der Waals surface area (Å²) in [7, 11) is -3.55. The summed E-state index contributed by atoms with van der Waals surface area (Å²) in [5, 5.41) is 2.87. The van der Waals surface area contributed by atoms with Crippen LogP contribution < -0.4 is 9.62 Å². The molecule has 0 spiro atoms. The van der Waals surface area contributed by atoms with Crippen LogP contribution in [0.5, 0.6) is 0 Å². The SMILES string of the molecule is CCc1ccc(N(CCCC(=O)N(Cc2ccc(F)cc2)[C@@H](CC)C(=O)NC(C)C)S(C)(=O)=O)cc1. The molecule has 0 saturated heterocycles. The van der Waals surface area contributed by atoms with Gasteiger partial charge in [-0.05, 0) is 68.5 Å². The molecular formula is C27H38FN3O4S. The summed E-state index contributed by atoms with van der Waals surface area (Å²) in [6, 6.07) is 12.4. The number of anilines is 1. The molecule has 2 aromatic rings. The van der Waals surface area contributed by atoms with E-state index >= 15 is 0 Å². The van der Waals surface area contributed by atoms with Crippen LogP contribution in [0.2, 0.25) is 0 Å². The van der Waals surface area contributed by atoms with Gasteiger partial charge in [0.1, 0.15) is 11.9 Å². The van der Waals surface area contributed by atoms with Crippen LogP contribution in [0.1, 0.15) is 58.1 Å². The van der Waals surface area contributed by atoms with E-state index in [4.69, 9.17) is 0 Å². The van der Waals surface area contributed by atoms with Crippen LogP contribution in [0, 0.1) is 5.82 Å². The van der Waals surface area contributed by atoms with Crippen molar-refractivity contribution in [3.63, 3.8) is 0 Å². The zero-order valence-electron chi connectivity index (χ0n) is 21.8. The van der Waals surface area contributed by atoms with Gasteiger partial charge in [0.05, 0.1) is 11.9 Å². The van der Waals surface area contributed by atoms with Gasteiger partial charge in [-0.3, -0.25) is 13.9 Å². The van der Waals surface area contributed by atoms with E-state index in [1.54, 1.807) is 24.3 Å². The van der Waals surface area contributed by atoms with Gasteiger partial charge in [-0.2, -0.15) is 0 Å². The Bertz CT molecular complexity index is 1100. The summed E-state index contributed by atoms with van der Waals surface area (Å²) in [5.41, 5.74) is 2.35. The molecule has 0 aliphatic carbocycles. The Morgan fingerprint density at radius 1 is 0.972 bits per heavy atom. The van der Waals surface area contributed by atoms with E-state index < -0.39 is 16.1 Å². The molecule has 9 heteroatoms. The number of sulfonamides is 1. The second-order valence-corrected chi connectivity index (χ2v) is 11.1. The van der Waals surface area contributed by atoms with Gasteiger partial charge in [0.15, 0.2) is 0 Å². The van der Waals surface area contributed by atoms with E-state index in [-0.39, 0.29) is 49.6 Å². The summed E-state index contributed by atoms with van der Waals surface area (Å²) in [4.78, 5) is 27.7. The standard InChI is InChI=1S/C27H38FN3O4S/c1-6-21-12-16-24(17-13-21)31(36(5,34)35)18-8-9-26(32)30(19-22-10-14-23(28)15-11-22)25(7-2)27(33)29-20(3)4/h10-17,20,25H,6-9,18-19H2,1-5H3,(H,29,33)/t25-/m0/s1. The molecule has 1 atom stereocenters. The van der Waals surface area contributed by atoms with Crippen molar-refractivity contribution in [2.45, 2.75) is 72.0 Å². The Kier molecular flexibility index (Phi) is 10.9. The molecule has 0 fully saturated rings. The van der Waals surface area contributed by atoms with Crippen LogP contribution in [0.15, 0.2) is 48.5 Å². The van der Waals surface area contributed by atoms with E-state index in [0.717, 1.165) is 18.2 Å². The molecule has 198 valence electrons. The lowest BCUT2D eigenvalue weighted by atomic mass is 10.1. The predicted molar refractivity (Wildman–Crippen MR) is 142 cm³/mol. The van der Waals surface area contributed by atoms with E-state index in [2.05, 4.69) is 5.32 Å². The van der Waals surface area contributed by atoms with Crippen molar-refractivity contribution in [1.82, 2.24) is 10.2 Å². The molecule has 0 aliphatic rings. The molecule has 1 N–H and O–H groups in total. The fraction of sp³-hybridized carbons (Fsp3) is 0.481. The smallest absolute Gasteiger partial charge is 0.243 e. The van der Waals surface area contributed by atoms with Gasteiger partial charge < -0.3 is 10.2 Å². The highest BCUT2D eigenvalue weighted by Gasteiger charge is 2.29. The van der Waals surface area contributed by atoms with Crippen molar-refractivity contribution in [1.29, 1.82) is 0 Å². The van der Waals surface area contributed by atoms with Crippen LogP contribution in [-0.2, 0) is 32.6 Å². The quantitative estimate of drug-likeness (QED) is 0.428. The fourth-order valence-corrected chi connectivity index (χ4v) is 4.95. The number of hydrogen-bond acceptors (Lipinski definition) is 4. The van der Waals surface area contributed by atoms with Crippen LogP contribution in [0.25, 0.3) is 0 Å². The third-order valence-electron chi connectivity index (χ3n) is 5.87. The largest absolute Gasteiger partial charge is 0.352 e. The molecule has 0 bridgehead atoms. The van der Waals surface area contributed by atoms with Crippen molar-refractivity contribution in [3.8, 4) is 0 Å². The Labute approximate surface area is 214 Å². The average Bonchev–Trinajstić information content (AvgIpc) is 2.81. The normalized spacial score (nSPS) is 12.3. The molecule has 7 nitrogen and oxygen atoms in total. The predicted octanol–water partition coefficient (Wildman–Crippen LogP) is 4.27. The highest BCUT2D eigenvalue weighted by atomic mass is 32.2. The number of nitrogens with zero attached hydrogens (tertiary/aromatic N) is 2. The fourth-order valence-electron chi connectivity index (χ4n) is 3.99. The monoisotopic (exact) mass is 519 g/mol. The summed E-state index contributed by atoms with van der Waals surface area (Å²) < 4.78 is 39.6. The van der Waals surface area contributed by atoms with Crippen LogP contribution in [0.4, 0.5) is 10.1 Å². The maximum absolute atomic E-state index is 13.4. The molecule has 2 amide bonds. The number of hydrogen-bond donors (Lipinski definition) is 1. The molecule has 0 heterocycles. The van der Waals surface area contributed by atoms with Crippen LogP contribution in [0.3, 0.4) is 0 Å². The van der Waals surface area contributed by atoms with Crippen LogP contribution >= 0.6 is 0 Å². The first-order valence-corrected chi connectivity index (χ1v) is 14.2. The molecule has 36 heavy (non-hydrogen) atoms. The zero-order chi connectivity index (χ0) is 26.9. The van der Waals surface area contributed by atoms with E-state index in [0.29, 0.717) is 17.7 Å². The van der Waals surface area contributed by atoms with E-state index in [9.17, 15) is 22.4 Å². The minimum Gasteiger partial charge on any atom is -0.352 e.